The number of benzene rings is 1. The van der Waals surface area contributed by atoms with Crippen LogP contribution >= 0.6 is 11.3 Å². The van der Waals surface area contributed by atoms with Gasteiger partial charge in [0.25, 0.3) is 5.91 Å². The number of ether oxygens (including phenoxy) is 1. The molecule has 0 spiro atoms. The van der Waals surface area contributed by atoms with Crippen LogP contribution in [0.2, 0.25) is 0 Å². The normalized spacial score (nSPS) is 18.5. The third-order valence-electron chi connectivity index (χ3n) is 5.30. The predicted molar refractivity (Wildman–Crippen MR) is 105 cm³/mol. The molecule has 1 aliphatic carbocycles. The predicted octanol–water partition coefficient (Wildman–Crippen LogP) is 3.35. The third kappa shape index (κ3) is 4.00. The van der Waals surface area contributed by atoms with Crippen molar-refractivity contribution in [2.75, 3.05) is 32.8 Å². The van der Waals surface area contributed by atoms with Gasteiger partial charge >= 0.3 is 0 Å². The van der Waals surface area contributed by atoms with Crippen LogP contribution in [0.15, 0.2) is 30.3 Å². The van der Waals surface area contributed by atoms with E-state index in [1.165, 1.54) is 28.0 Å². The first kappa shape index (κ1) is 17.7. The number of thiophene rings is 1. The van der Waals surface area contributed by atoms with E-state index in [0.29, 0.717) is 0 Å². The lowest BCUT2D eigenvalue weighted by molar-refractivity contribution is 0.0332. The van der Waals surface area contributed by atoms with Crippen LogP contribution in [-0.4, -0.2) is 43.7 Å². The van der Waals surface area contributed by atoms with E-state index < -0.39 is 0 Å². The van der Waals surface area contributed by atoms with Crippen LogP contribution in [0.3, 0.4) is 0 Å². The van der Waals surface area contributed by atoms with E-state index in [1.54, 1.807) is 11.3 Å². The smallest absolute Gasteiger partial charge is 0.261 e. The number of nitrogens with one attached hydrogen (secondary N) is 1. The van der Waals surface area contributed by atoms with Crippen molar-refractivity contribution in [1.82, 2.24) is 10.2 Å². The van der Waals surface area contributed by atoms with Gasteiger partial charge in [0.05, 0.1) is 24.1 Å². The molecule has 0 saturated carbocycles. The summed E-state index contributed by atoms with van der Waals surface area (Å²) in [5, 5.41) is 3.29. The minimum Gasteiger partial charge on any atom is -0.379 e. The van der Waals surface area contributed by atoms with Crippen LogP contribution in [0.25, 0.3) is 0 Å². The van der Waals surface area contributed by atoms with Crippen molar-refractivity contribution < 1.29 is 9.53 Å². The maximum atomic E-state index is 12.9. The van der Waals surface area contributed by atoms with Gasteiger partial charge in [-0.15, -0.1) is 11.3 Å². The molecular weight excluding hydrogens is 344 g/mol. The fourth-order valence-corrected chi connectivity index (χ4v) is 4.90. The zero-order chi connectivity index (χ0) is 17.9. The van der Waals surface area contributed by atoms with Gasteiger partial charge in [-0.2, -0.15) is 0 Å². The number of fused-ring (bicyclic) bond motifs is 1. The molecule has 4 nitrogen and oxygen atoms in total. The highest BCUT2D eigenvalue weighted by Gasteiger charge is 2.23. The molecule has 1 unspecified atom stereocenters. The van der Waals surface area contributed by atoms with Crippen molar-refractivity contribution in [1.29, 1.82) is 0 Å². The molecule has 0 bridgehead atoms. The summed E-state index contributed by atoms with van der Waals surface area (Å²) in [6, 6.07) is 10.6. The van der Waals surface area contributed by atoms with Gasteiger partial charge in [0.1, 0.15) is 0 Å². The fraction of sp³-hybridized carbons (Fsp3) is 0.476. The number of hydrogen-bond donors (Lipinski definition) is 1. The Bertz CT molecular complexity index is 741. The van der Waals surface area contributed by atoms with Crippen molar-refractivity contribution in [3.63, 3.8) is 0 Å². The number of amides is 1. The molecule has 2 aliphatic rings. The standard InChI is InChI=1S/C21H26N2O2S/c1-15-5-7-16(8-6-15)18(14-23-9-11-25-12-10-23)22-21(24)20-13-17-3-2-4-19(17)26-20/h5-8,13,18H,2-4,9-12,14H2,1H3,(H,22,24). The number of nitrogens with zero attached hydrogens (tertiary/aromatic N) is 1. The van der Waals surface area contributed by atoms with Gasteiger partial charge in [0, 0.05) is 24.5 Å². The monoisotopic (exact) mass is 370 g/mol. The summed E-state index contributed by atoms with van der Waals surface area (Å²) in [5.74, 6) is 0.0586. The Morgan fingerprint density at radius 3 is 2.73 bits per heavy atom. The zero-order valence-electron chi connectivity index (χ0n) is 15.3. The van der Waals surface area contributed by atoms with Gasteiger partial charge in [0.15, 0.2) is 0 Å². The lowest BCUT2D eigenvalue weighted by atomic mass is 10.0. The highest BCUT2D eigenvalue weighted by Crippen LogP contribution is 2.31. The molecule has 0 radical (unpaired) electrons. The van der Waals surface area contributed by atoms with Gasteiger partial charge in [-0.05, 0) is 43.4 Å². The lowest BCUT2D eigenvalue weighted by Gasteiger charge is -2.31. The van der Waals surface area contributed by atoms with E-state index in [2.05, 4.69) is 47.5 Å². The molecule has 138 valence electrons. The maximum absolute atomic E-state index is 12.9. The van der Waals surface area contributed by atoms with E-state index in [4.69, 9.17) is 4.74 Å². The second kappa shape index (κ2) is 7.91. The highest BCUT2D eigenvalue weighted by atomic mass is 32.1. The summed E-state index contributed by atoms with van der Waals surface area (Å²) in [4.78, 5) is 17.5. The van der Waals surface area contributed by atoms with E-state index in [0.717, 1.165) is 50.6 Å². The number of morpholine rings is 1. The van der Waals surface area contributed by atoms with Crippen molar-refractivity contribution in [3.8, 4) is 0 Å². The quantitative estimate of drug-likeness (QED) is 0.878. The number of carbonyl (C=O) groups excluding carboxylic acids is 1. The van der Waals surface area contributed by atoms with Crippen molar-refractivity contribution in [3.05, 3.63) is 56.8 Å². The maximum Gasteiger partial charge on any atom is 0.261 e. The van der Waals surface area contributed by atoms with Crippen LogP contribution in [0.4, 0.5) is 0 Å². The fourth-order valence-electron chi connectivity index (χ4n) is 3.75. The number of hydrogen-bond acceptors (Lipinski definition) is 4. The molecular formula is C21H26N2O2S. The Balaban J connectivity index is 1.51. The molecule has 1 aromatic heterocycles. The van der Waals surface area contributed by atoms with Crippen LogP contribution < -0.4 is 5.32 Å². The number of rotatable bonds is 5. The van der Waals surface area contributed by atoms with Crippen molar-refractivity contribution >= 4 is 17.2 Å². The Morgan fingerprint density at radius 1 is 1.23 bits per heavy atom. The summed E-state index contributed by atoms with van der Waals surface area (Å²) in [7, 11) is 0. The molecule has 1 saturated heterocycles. The van der Waals surface area contributed by atoms with E-state index in [-0.39, 0.29) is 11.9 Å². The Hall–Kier alpha value is -1.69. The second-order valence-corrected chi connectivity index (χ2v) is 8.40. The molecule has 1 fully saturated rings. The minimum atomic E-state index is -0.00172. The van der Waals surface area contributed by atoms with Crippen molar-refractivity contribution in [2.24, 2.45) is 0 Å². The van der Waals surface area contributed by atoms with E-state index in [1.807, 2.05) is 0 Å². The average molecular weight is 371 g/mol. The van der Waals surface area contributed by atoms with E-state index >= 15 is 0 Å². The zero-order valence-corrected chi connectivity index (χ0v) is 16.1. The van der Waals surface area contributed by atoms with Gasteiger partial charge in [0.2, 0.25) is 0 Å². The molecule has 1 aromatic carbocycles. The van der Waals surface area contributed by atoms with Crippen LogP contribution in [0, 0.1) is 6.92 Å². The lowest BCUT2D eigenvalue weighted by Crippen LogP contribution is -2.43. The number of aryl methyl sites for hydroxylation is 3. The molecule has 5 heteroatoms. The Labute approximate surface area is 159 Å². The van der Waals surface area contributed by atoms with E-state index in [9.17, 15) is 4.79 Å². The molecule has 1 atom stereocenters. The van der Waals surface area contributed by atoms with Gasteiger partial charge in [-0.3, -0.25) is 9.69 Å². The van der Waals surface area contributed by atoms with Gasteiger partial charge in [-0.25, -0.2) is 0 Å². The first-order valence-electron chi connectivity index (χ1n) is 9.48. The summed E-state index contributed by atoms with van der Waals surface area (Å²) in [6.45, 7) is 6.30. The molecule has 1 amide bonds. The minimum absolute atomic E-state index is 0.00172. The largest absolute Gasteiger partial charge is 0.379 e. The highest BCUT2D eigenvalue weighted by molar-refractivity contribution is 7.14. The molecule has 2 heterocycles. The average Bonchev–Trinajstić information content (AvgIpc) is 3.25. The first-order valence-corrected chi connectivity index (χ1v) is 10.3. The number of carbonyl (C=O) groups is 1. The van der Waals surface area contributed by atoms with Gasteiger partial charge < -0.3 is 10.1 Å². The van der Waals surface area contributed by atoms with Gasteiger partial charge in [-0.1, -0.05) is 29.8 Å². The SMILES string of the molecule is Cc1ccc(C(CN2CCOCC2)NC(=O)c2cc3c(s2)CCC3)cc1. The summed E-state index contributed by atoms with van der Waals surface area (Å²) < 4.78 is 5.46. The summed E-state index contributed by atoms with van der Waals surface area (Å²) in [6.07, 6.45) is 3.48. The topological polar surface area (TPSA) is 41.6 Å². The van der Waals surface area contributed by atoms with Crippen molar-refractivity contribution in [2.45, 2.75) is 32.2 Å². The Kier molecular flexibility index (Phi) is 5.38. The van der Waals surface area contributed by atoms with Crippen LogP contribution in [-0.2, 0) is 17.6 Å². The molecule has 1 N–H and O–H groups in total. The second-order valence-electron chi connectivity index (χ2n) is 7.26. The van der Waals surface area contributed by atoms with Crippen LogP contribution in [0.1, 0.15) is 43.7 Å². The van der Waals surface area contributed by atoms with Crippen LogP contribution in [0.5, 0.6) is 0 Å². The molecule has 2 aromatic rings. The molecule has 26 heavy (non-hydrogen) atoms. The third-order valence-corrected chi connectivity index (χ3v) is 6.54. The Morgan fingerprint density at radius 2 is 2.00 bits per heavy atom. The summed E-state index contributed by atoms with van der Waals surface area (Å²) in [5.41, 5.74) is 3.78. The molecule has 4 rings (SSSR count). The summed E-state index contributed by atoms with van der Waals surface area (Å²) >= 11 is 1.67. The molecule has 1 aliphatic heterocycles. The first-order chi connectivity index (χ1) is 12.7.